The zero-order valence-electron chi connectivity index (χ0n) is 22.3. The van der Waals surface area contributed by atoms with E-state index in [4.69, 9.17) is 16.3 Å². The molecule has 1 unspecified atom stereocenters. The molecule has 210 valence electrons. The molecule has 3 aromatic carbocycles. The Morgan fingerprint density at radius 2 is 1.73 bits per heavy atom. The van der Waals surface area contributed by atoms with Gasteiger partial charge < -0.3 is 9.84 Å². The van der Waals surface area contributed by atoms with Gasteiger partial charge in [0.05, 0.1) is 18.2 Å². The van der Waals surface area contributed by atoms with Crippen molar-refractivity contribution in [2.75, 3.05) is 11.5 Å². The van der Waals surface area contributed by atoms with Crippen LogP contribution in [0.25, 0.3) is 5.76 Å². The highest BCUT2D eigenvalue weighted by atomic mass is 35.5. The maximum absolute atomic E-state index is 13.5. The smallest absolute Gasteiger partial charge is 0.301 e. The number of hydrogen-bond acceptors (Lipinski definition) is 8. The Bertz CT molecular complexity index is 1540. The quantitative estimate of drug-likeness (QED) is 0.0468. The van der Waals surface area contributed by atoms with Crippen molar-refractivity contribution in [1.82, 2.24) is 10.2 Å². The van der Waals surface area contributed by atoms with Crippen molar-refractivity contribution >= 4 is 57.3 Å². The standard InChI is InChI=1S/C31H28ClN3O4S2/c1-2-3-7-18-39-24-16-12-21(13-17-24)26-25(27(36)22-10-14-23(32)15-11-22)28(37)29(38)35(26)30-33-34-31(41-30)40-19-20-8-5-4-6-9-20/h4-6,8-17,26,36H,2-3,7,18-19H2,1H3/b27-25-. The van der Waals surface area contributed by atoms with Gasteiger partial charge in [-0.25, -0.2) is 0 Å². The summed E-state index contributed by atoms with van der Waals surface area (Å²) in [6.07, 6.45) is 3.15. The Labute approximate surface area is 251 Å². The van der Waals surface area contributed by atoms with Crippen LogP contribution in [-0.4, -0.2) is 33.6 Å². The Morgan fingerprint density at radius 3 is 2.44 bits per heavy atom. The molecule has 1 N–H and O–H groups in total. The van der Waals surface area contributed by atoms with Crippen LogP contribution in [0.3, 0.4) is 0 Å². The maximum atomic E-state index is 13.5. The lowest BCUT2D eigenvalue weighted by molar-refractivity contribution is -0.132. The van der Waals surface area contributed by atoms with Crippen LogP contribution in [0, 0.1) is 0 Å². The summed E-state index contributed by atoms with van der Waals surface area (Å²) in [6.45, 7) is 2.74. The van der Waals surface area contributed by atoms with Crippen LogP contribution in [0.15, 0.2) is 88.8 Å². The fourth-order valence-electron chi connectivity index (χ4n) is 4.47. The molecule has 10 heteroatoms. The van der Waals surface area contributed by atoms with E-state index in [1.54, 1.807) is 36.4 Å². The molecule has 0 saturated carbocycles. The summed E-state index contributed by atoms with van der Waals surface area (Å²) < 4.78 is 6.52. The molecular formula is C31H28ClN3O4S2. The van der Waals surface area contributed by atoms with Crippen molar-refractivity contribution in [2.24, 2.45) is 0 Å². The number of halogens is 1. The minimum Gasteiger partial charge on any atom is -0.507 e. The van der Waals surface area contributed by atoms with E-state index in [1.807, 2.05) is 42.5 Å². The molecule has 1 atom stereocenters. The molecule has 7 nitrogen and oxygen atoms in total. The second-order valence-corrected chi connectivity index (χ2v) is 12.0. The second kappa shape index (κ2) is 13.3. The SMILES string of the molecule is CCCCCOc1ccc(C2/C(=C(/O)c3ccc(Cl)cc3)C(=O)C(=O)N2c2nnc(SCc3ccccc3)s2)cc1. The van der Waals surface area contributed by atoms with Crippen LogP contribution in [0.1, 0.15) is 48.9 Å². The summed E-state index contributed by atoms with van der Waals surface area (Å²) in [5, 5.41) is 20.6. The Morgan fingerprint density at radius 1 is 1.00 bits per heavy atom. The lowest BCUT2D eigenvalue weighted by Gasteiger charge is -2.22. The van der Waals surface area contributed by atoms with E-state index in [2.05, 4.69) is 17.1 Å². The molecule has 5 rings (SSSR count). The van der Waals surface area contributed by atoms with Gasteiger partial charge in [0.15, 0.2) is 4.34 Å². The summed E-state index contributed by atoms with van der Waals surface area (Å²) >= 11 is 8.77. The van der Waals surface area contributed by atoms with E-state index >= 15 is 0 Å². The van der Waals surface area contributed by atoms with Crippen LogP contribution in [0.4, 0.5) is 5.13 Å². The van der Waals surface area contributed by atoms with Gasteiger partial charge in [0.25, 0.3) is 5.78 Å². The van der Waals surface area contributed by atoms with Gasteiger partial charge in [0.1, 0.15) is 11.5 Å². The number of benzene rings is 3. The van der Waals surface area contributed by atoms with Gasteiger partial charge in [0, 0.05) is 16.3 Å². The predicted molar refractivity (Wildman–Crippen MR) is 164 cm³/mol. The van der Waals surface area contributed by atoms with Crippen LogP contribution in [-0.2, 0) is 15.3 Å². The number of carbonyl (C=O) groups excluding carboxylic acids is 2. The zero-order valence-corrected chi connectivity index (χ0v) is 24.7. The van der Waals surface area contributed by atoms with Crippen molar-refractivity contribution in [3.05, 3.63) is 106 Å². The molecule has 0 radical (unpaired) electrons. The van der Waals surface area contributed by atoms with Gasteiger partial charge >= 0.3 is 5.91 Å². The number of nitrogens with zero attached hydrogens (tertiary/aromatic N) is 3. The number of thioether (sulfide) groups is 1. The summed E-state index contributed by atoms with van der Waals surface area (Å²) in [7, 11) is 0. The Balaban J connectivity index is 1.49. The summed E-state index contributed by atoms with van der Waals surface area (Å²) in [5.41, 5.74) is 2.12. The molecule has 1 saturated heterocycles. The van der Waals surface area contributed by atoms with E-state index in [0.29, 0.717) is 38.6 Å². The highest BCUT2D eigenvalue weighted by Gasteiger charge is 2.48. The first-order chi connectivity index (χ1) is 20.0. The van der Waals surface area contributed by atoms with E-state index in [0.717, 1.165) is 24.8 Å². The van der Waals surface area contributed by atoms with E-state index in [9.17, 15) is 14.7 Å². The highest BCUT2D eigenvalue weighted by molar-refractivity contribution is 8.00. The molecule has 2 heterocycles. The number of hydrogen-bond donors (Lipinski definition) is 1. The topological polar surface area (TPSA) is 92.6 Å². The first kappa shape index (κ1) is 28.9. The molecular weight excluding hydrogens is 578 g/mol. The number of ether oxygens (including phenoxy) is 1. The van der Waals surface area contributed by atoms with Crippen LogP contribution >= 0.6 is 34.7 Å². The highest BCUT2D eigenvalue weighted by Crippen LogP contribution is 2.44. The van der Waals surface area contributed by atoms with Crippen molar-refractivity contribution in [3.8, 4) is 5.75 Å². The molecule has 0 aliphatic carbocycles. The van der Waals surface area contributed by atoms with Gasteiger partial charge in [0.2, 0.25) is 5.13 Å². The molecule has 41 heavy (non-hydrogen) atoms. The summed E-state index contributed by atoms with van der Waals surface area (Å²) in [4.78, 5) is 28.2. The van der Waals surface area contributed by atoms with Gasteiger partial charge in [-0.05, 0) is 53.9 Å². The Hall–Kier alpha value is -3.66. The number of unbranched alkanes of at least 4 members (excludes halogenated alkanes) is 2. The molecule has 0 bridgehead atoms. The fraction of sp³-hybridized carbons (Fsp3) is 0.226. The van der Waals surface area contributed by atoms with Gasteiger partial charge in [-0.1, -0.05) is 96.9 Å². The number of Topliss-reactive ketones (excluding diaryl/α,β-unsaturated/α-hetero) is 1. The van der Waals surface area contributed by atoms with Crippen molar-refractivity contribution in [3.63, 3.8) is 0 Å². The number of anilines is 1. The van der Waals surface area contributed by atoms with Crippen LogP contribution in [0.5, 0.6) is 5.75 Å². The van der Waals surface area contributed by atoms with Crippen molar-refractivity contribution < 1.29 is 19.4 Å². The minimum atomic E-state index is -0.903. The zero-order chi connectivity index (χ0) is 28.8. The Kier molecular flexibility index (Phi) is 9.38. The number of aliphatic hydroxyl groups is 1. The number of aromatic nitrogens is 2. The molecule has 0 spiro atoms. The van der Waals surface area contributed by atoms with E-state index < -0.39 is 17.7 Å². The van der Waals surface area contributed by atoms with Crippen molar-refractivity contribution in [2.45, 2.75) is 42.3 Å². The maximum Gasteiger partial charge on any atom is 0.301 e. The predicted octanol–water partition coefficient (Wildman–Crippen LogP) is 7.68. The van der Waals surface area contributed by atoms with Gasteiger partial charge in [-0.15, -0.1) is 10.2 Å². The van der Waals surface area contributed by atoms with Gasteiger partial charge in [-0.2, -0.15) is 0 Å². The number of amides is 1. The van der Waals surface area contributed by atoms with Gasteiger partial charge in [-0.3, -0.25) is 14.5 Å². The monoisotopic (exact) mass is 605 g/mol. The molecule has 1 aliphatic rings. The van der Waals surface area contributed by atoms with Crippen LogP contribution in [0.2, 0.25) is 5.02 Å². The average molecular weight is 606 g/mol. The normalized spacial score (nSPS) is 16.3. The molecule has 1 fully saturated rings. The fourth-order valence-corrected chi connectivity index (χ4v) is 6.42. The second-order valence-electron chi connectivity index (χ2n) is 9.43. The lowest BCUT2D eigenvalue weighted by atomic mass is 9.95. The first-order valence-corrected chi connectivity index (χ1v) is 15.4. The molecule has 1 aliphatic heterocycles. The number of aliphatic hydroxyl groups excluding tert-OH is 1. The van der Waals surface area contributed by atoms with E-state index in [-0.39, 0.29) is 16.5 Å². The first-order valence-electron chi connectivity index (χ1n) is 13.3. The molecule has 1 aromatic heterocycles. The summed E-state index contributed by atoms with van der Waals surface area (Å²) in [5.74, 6) is -0.476. The number of carbonyl (C=O) groups is 2. The number of ketones is 1. The van der Waals surface area contributed by atoms with Crippen molar-refractivity contribution in [1.29, 1.82) is 0 Å². The number of rotatable bonds is 11. The largest absolute Gasteiger partial charge is 0.507 e. The third-order valence-corrected chi connectivity index (χ3v) is 8.96. The average Bonchev–Trinajstić information content (AvgIpc) is 3.57. The third kappa shape index (κ3) is 6.64. The molecule has 4 aromatic rings. The van der Waals surface area contributed by atoms with Crippen LogP contribution < -0.4 is 9.64 Å². The molecule has 1 amide bonds. The lowest BCUT2D eigenvalue weighted by Crippen LogP contribution is -2.29. The van der Waals surface area contributed by atoms with E-state index in [1.165, 1.54) is 28.0 Å². The minimum absolute atomic E-state index is 0.0253. The summed E-state index contributed by atoms with van der Waals surface area (Å²) in [6, 6.07) is 22.8. The third-order valence-electron chi connectivity index (χ3n) is 6.58.